The fraction of sp³-hybridized carbons (Fsp3) is 0.350. The van der Waals surface area contributed by atoms with Gasteiger partial charge in [0, 0.05) is 37.2 Å². The molecule has 0 saturated carbocycles. The van der Waals surface area contributed by atoms with Crippen LogP contribution < -0.4 is 5.32 Å². The van der Waals surface area contributed by atoms with Gasteiger partial charge in [-0.3, -0.25) is 9.88 Å². The van der Waals surface area contributed by atoms with Crippen LogP contribution in [-0.4, -0.2) is 39.6 Å². The standard InChI is InChI=1S/C20H21N5O/c1-2-4-18-15(3-1)7-16(8-21-18)24-20-17-10-25(9-14-5-6-26-12-14)11-19(17)22-13-23-20/h1-4,7-8,13-14H,5-6,9-12H2,(H,22,23,24). The quantitative estimate of drug-likeness (QED) is 0.782. The summed E-state index contributed by atoms with van der Waals surface area (Å²) in [6.07, 6.45) is 4.67. The van der Waals surface area contributed by atoms with E-state index in [0.29, 0.717) is 5.92 Å². The van der Waals surface area contributed by atoms with Crippen molar-refractivity contribution < 1.29 is 4.74 Å². The van der Waals surface area contributed by atoms with Crippen LogP contribution >= 0.6 is 0 Å². The SMILES string of the molecule is c1ccc2ncc(Nc3ncnc4c3CN(CC3CCOC3)C4)cc2c1. The van der Waals surface area contributed by atoms with E-state index in [0.717, 1.165) is 67.4 Å². The highest BCUT2D eigenvalue weighted by molar-refractivity contribution is 5.82. The average Bonchev–Trinajstić information content (AvgIpc) is 3.32. The van der Waals surface area contributed by atoms with E-state index in [4.69, 9.17) is 4.74 Å². The molecule has 0 radical (unpaired) electrons. The number of pyridine rings is 1. The maximum atomic E-state index is 5.51. The smallest absolute Gasteiger partial charge is 0.138 e. The molecule has 0 bridgehead atoms. The van der Waals surface area contributed by atoms with Gasteiger partial charge in [-0.25, -0.2) is 9.97 Å². The highest BCUT2D eigenvalue weighted by atomic mass is 16.5. The Balaban J connectivity index is 1.36. The Morgan fingerprint density at radius 1 is 1.15 bits per heavy atom. The van der Waals surface area contributed by atoms with E-state index in [2.05, 4.69) is 37.3 Å². The second-order valence-corrected chi connectivity index (χ2v) is 7.09. The van der Waals surface area contributed by atoms with E-state index in [1.54, 1.807) is 6.33 Å². The first-order valence-corrected chi connectivity index (χ1v) is 9.10. The highest BCUT2D eigenvalue weighted by Crippen LogP contribution is 2.30. The summed E-state index contributed by atoms with van der Waals surface area (Å²) in [5, 5.41) is 4.56. The van der Waals surface area contributed by atoms with Crippen molar-refractivity contribution in [2.45, 2.75) is 19.5 Å². The van der Waals surface area contributed by atoms with Crippen LogP contribution in [0.15, 0.2) is 42.9 Å². The Labute approximate surface area is 152 Å². The third-order valence-electron chi connectivity index (χ3n) is 5.18. The van der Waals surface area contributed by atoms with E-state index in [-0.39, 0.29) is 0 Å². The Hall–Kier alpha value is -2.57. The van der Waals surface area contributed by atoms with Gasteiger partial charge in [-0.15, -0.1) is 0 Å². The molecular formula is C20H21N5O. The summed E-state index contributed by atoms with van der Waals surface area (Å²) >= 11 is 0. The predicted octanol–water partition coefficient (Wildman–Crippen LogP) is 3.12. The van der Waals surface area contributed by atoms with Crippen molar-refractivity contribution in [3.05, 3.63) is 54.1 Å². The molecule has 132 valence electrons. The number of para-hydroxylation sites is 1. The molecule has 5 rings (SSSR count). The lowest BCUT2D eigenvalue weighted by Crippen LogP contribution is -2.24. The van der Waals surface area contributed by atoms with Crippen molar-refractivity contribution in [3.8, 4) is 0 Å². The lowest BCUT2D eigenvalue weighted by atomic mass is 10.1. The zero-order chi connectivity index (χ0) is 17.3. The van der Waals surface area contributed by atoms with E-state index < -0.39 is 0 Å². The van der Waals surface area contributed by atoms with Crippen molar-refractivity contribution in [3.63, 3.8) is 0 Å². The molecular weight excluding hydrogens is 326 g/mol. The Morgan fingerprint density at radius 2 is 2.12 bits per heavy atom. The lowest BCUT2D eigenvalue weighted by Gasteiger charge is -2.18. The Bertz CT molecular complexity index is 938. The van der Waals surface area contributed by atoms with Gasteiger partial charge in [-0.05, 0) is 24.5 Å². The molecule has 0 aliphatic carbocycles. The zero-order valence-corrected chi connectivity index (χ0v) is 14.6. The molecule has 1 aromatic carbocycles. The minimum absolute atomic E-state index is 0.637. The summed E-state index contributed by atoms with van der Waals surface area (Å²) in [6, 6.07) is 10.2. The molecule has 2 aliphatic heterocycles. The maximum absolute atomic E-state index is 5.51. The molecule has 1 fully saturated rings. The monoisotopic (exact) mass is 347 g/mol. The first-order valence-electron chi connectivity index (χ1n) is 9.10. The van der Waals surface area contributed by atoms with Crippen molar-refractivity contribution >= 4 is 22.4 Å². The van der Waals surface area contributed by atoms with Crippen LogP contribution in [0.25, 0.3) is 10.9 Å². The maximum Gasteiger partial charge on any atom is 0.138 e. The number of rotatable bonds is 4. The normalized spacial score (nSPS) is 19.8. The van der Waals surface area contributed by atoms with E-state index in [1.807, 2.05) is 24.4 Å². The summed E-state index contributed by atoms with van der Waals surface area (Å²) in [5.74, 6) is 1.52. The second kappa shape index (κ2) is 6.63. The number of benzene rings is 1. The van der Waals surface area contributed by atoms with Gasteiger partial charge in [-0.2, -0.15) is 0 Å². The van der Waals surface area contributed by atoms with Gasteiger partial charge >= 0.3 is 0 Å². The van der Waals surface area contributed by atoms with Gasteiger partial charge in [0.15, 0.2) is 0 Å². The van der Waals surface area contributed by atoms with Gasteiger partial charge in [-0.1, -0.05) is 18.2 Å². The van der Waals surface area contributed by atoms with Crippen LogP contribution in [0.1, 0.15) is 17.7 Å². The number of aromatic nitrogens is 3. The largest absolute Gasteiger partial charge is 0.381 e. The fourth-order valence-electron chi connectivity index (χ4n) is 3.85. The van der Waals surface area contributed by atoms with Crippen LogP contribution in [0.4, 0.5) is 11.5 Å². The molecule has 2 aromatic heterocycles. The van der Waals surface area contributed by atoms with Crippen LogP contribution in [-0.2, 0) is 17.8 Å². The predicted molar refractivity (Wildman–Crippen MR) is 100 cm³/mol. The zero-order valence-electron chi connectivity index (χ0n) is 14.6. The third kappa shape index (κ3) is 3.02. The summed E-state index contributed by atoms with van der Waals surface area (Å²) in [4.78, 5) is 16.0. The lowest BCUT2D eigenvalue weighted by molar-refractivity contribution is 0.167. The van der Waals surface area contributed by atoms with Crippen molar-refractivity contribution in [2.24, 2.45) is 5.92 Å². The number of hydrogen-bond acceptors (Lipinski definition) is 6. The molecule has 0 spiro atoms. The van der Waals surface area contributed by atoms with Gasteiger partial charge in [0.25, 0.3) is 0 Å². The van der Waals surface area contributed by atoms with Crippen LogP contribution in [0, 0.1) is 5.92 Å². The third-order valence-corrected chi connectivity index (χ3v) is 5.18. The average molecular weight is 347 g/mol. The molecule has 6 heteroatoms. The molecule has 0 amide bonds. The first-order chi connectivity index (χ1) is 12.8. The molecule has 4 heterocycles. The van der Waals surface area contributed by atoms with Gasteiger partial charge in [0.2, 0.25) is 0 Å². The molecule has 1 unspecified atom stereocenters. The Morgan fingerprint density at radius 3 is 3.04 bits per heavy atom. The molecule has 6 nitrogen and oxygen atoms in total. The summed E-state index contributed by atoms with van der Waals surface area (Å²) in [7, 11) is 0. The van der Waals surface area contributed by atoms with Crippen molar-refractivity contribution in [1.29, 1.82) is 0 Å². The number of hydrogen-bond donors (Lipinski definition) is 1. The molecule has 1 saturated heterocycles. The molecule has 3 aromatic rings. The summed E-state index contributed by atoms with van der Waals surface area (Å²) in [5.41, 5.74) is 4.26. The molecule has 1 N–H and O–H groups in total. The number of nitrogens with one attached hydrogen (secondary N) is 1. The highest BCUT2D eigenvalue weighted by Gasteiger charge is 2.27. The number of nitrogens with zero attached hydrogens (tertiary/aromatic N) is 4. The van der Waals surface area contributed by atoms with Crippen LogP contribution in [0.5, 0.6) is 0 Å². The number of fused-ring (bicyclic) bond motifs is 2. The van der Waals surface area contributed by atoms with Gasteiger partial charge in [0.05, 0.1) is 29.7 Å². The molecule has 1 atom stereocenters. The minimum atomic E-state index is 0.637. The first kappa shape index (κ1) is 15.7. The Kier molecular flexibility index (Phi) is 3.99. The van der Waals surface area contributed by atoms with Crippen LogP contribution in [0.2, 0.25) is 0 Å². The summed E-state index contributed by atoms with van der Waals surface area (Å²) in [6.45, 7) is 4.61. The van der Waals surface area contributed by atoms with Crippen molar-refractivity contribution in [1.82, 2.24) is 19.9 Å². The molecule has 26 heavy (non-hydrogen) atoms. The number of ether oxygens (including phenoxy) is 1. The fourth-order valence-corrected chi connectivity index (χ4v) is 3.85. The van der Waals surface area contributed by atoms with E-state index >= 15 is 0 Å². The van der Waals surface area contributed by atoms with Gasteiger partial charge in [0.1, 0.15) is 12.1 Å². The topological polar surface area (TPSA) is 63.2 Å². The van der Waals surface area contributed by atoms with Crippen molar-refractivity contribution in [2.75, 3.05) is 25.1 Å². The van der Waals surface area contributed by atoms with Crippen LogP contribution in [0.3, 0.4) is 0 Å². The second-order valence-electron chi connectivity index (χ2n) is 7.09. The van der Waals surface area contributed by atoms with Gasteiger partial charge < -0.3 is 10.1 Å². The minimum Gasteiger partial charge on any atom is -0.381 e. The molecule has 2 aliphatic rings. The van der Waals surface area contributed by atoms with E-state index in [1.165, 1.54) is 5.56 Å². The van der Waals surface area contributed by atoms with E-state index in [9.17, 15) is 0 Å². The number of anilines is 2. The summed E-state index contributed by atoms with van der Waals surface area (Å²) < 4.78 is 5.51.